The second-order valence-corrected chi connectivity index (χ2v) is 4.22. The van der Waals surface area contributed by atoms with Crippen molar-refractivity contribution in [1.29, 1.82) is 0 Å². The van der Waals surface area contributed by atoms with Gasteiger partial charge in [0, 0.05) is 6.54 Å². The second-order valence-electron chi connectivity index (χ2n) is 4.22. The Kier molecular flexibility index (Phi) is 6.26. The highest BCUT2D eigenvalue weighted by Gasteiger charge is 2.33. The Labute approximate surface area is 115 Å². The maximum atomic E-state index is 11.5. The predicted molar refractivity (Wildman–Crippen MR) is 68.4 cm³/mol. The number of benzene rings is 1. The summed E-state index contributed by atoms with van der Waals surface area (Å²) in [7, 11) is 0. The average Bonchev–Trinajstić information content (AvgIpc) is 2.50. The third-order valence-electron chi connectivity index (χ3n) is 2.69. The lowest BCUT2D eigenvalue weighted by molar-refractivity contribution is -0.151. The van der Waals surface area contributed by atoms with E-state index in [0.717, 1.165) is 5.56 Å². The van der Waals surface area contributed by atoms with E-state index in [4.69, 9.17) is 10.2 Å². The molecule has 0 heterocycles. The van der Waals surface area contributed by atoms with Crippen molar-refractivity contribution < 1.29 is 30.0 Å². The molecule has 0 aliphatic heterocycles. The van der Waals surface area contributed by atoms with Crippen molar-refractivity contribution in [3.63, 3.8) is 0 Å². The molecule has 0 radical (unpaired) electrons. The SMILES string of the molecule is O=C(NCc1ccccc1)C(=O)[C@@H](O)[C@H](O)[C@@H](O)CO. The fourth-order valence-corrected chi connectivity index (χ4v) is 1.47. The summed E-state index contributed by atoms with van der Waals surface area (Å²) in [6, 6.07) is 8.81. The first kappa shape index (κ1) is 16.3. The maximum absolute atomic E-state index is 11.5. The van der Waals surface area contributed by atoms with Gasteiger partial charge in [-0.15, -0.1) is 0 Å². The summed E-state index contributed by atoms with van der Waals surface area (Å²) < 4.78 is 0. The van der Waals surface area contributed by atoms with Gasteiger partial charge < -0.3 is 25.7 Å². The van der Waals surface area contributed by atoms with Gasteiger partial charge in [-0.25, -0.2) is 0 Å². The number of nitrogens with one attached hydrogen (secondary N) is 1. The molecule has 0 saturated carbocycles. The van der Waals surface area contributed by atoms with Crippen molar-refractivity contribution in [2.75, 3.05) is 6.61 Å². The van der Waals surface area contributed by atoms with Crippen LogP contribution in [0.3, 0.4) is 0 Å². The highest BCUT2D eigenvalue weighted by molar-refractivity contribution is 6.37. The van der Waals surface area contributed by atoms with Crippen molar-refractivity contribution in [3.8, 4) is 0 Å². The quantitative estimate of drug-likeness (QED) is 0.366. The van der Waals surface area contributed by atoms with Gasteiger partial charge in [0.2, 0.25) is 0 Å². The first-order valence-corrected chi connectivity index (χ1v) is 5.98. The number of rotatable bonds is 7. The molecule has 110 valence electrons. The fraction of sp³-hybridized carbons (Fsp3) is 0.385. The molecule has 1 aromatic rings. The molecule has 0 saturated heterocycles. The zero-order chi connectivity index (χ0) is 15.1. The summed E-state index contributed by atoms with van der Waals surface area (Å²) in [5.41, 5.74) is 0.763. The molecular weight excluding hydrogens is 266 g/mol. The predicted octanol–water partition coefficient (Wildman–Crippen LogP) is -2.05. The lowest BCUT2D eigenvalue weighted by Crippen LogP contribution is -2.48. The molecule has 7 nitrogen and oxygen atoms in total. The van der Waals surface area contributed by atoms with Crippen LogP contribution in [0.15, 0.2) is 30.3 Å². The standard InChI is InChI=1S/C13H17NO6/c15-7-9(16)10(17)11(18)12(19)13(20)14-6-8-4-2-1-3-5-8/h1-5,9-11,15-18H,6-7H2,(H,14,20)/t9-,10+,11-/m0/s1. The van der Waals surface area contributed by atoms with E-state index in [1.54, 1.807) is 30.3 Å². The van der Waals surface area contributed by atoms with Crippen LogP contribution in [0.25, 0.3) is 0 Å². The minimum atomic E-state index is -2.09. The van der Waals surface area contributed by atoms with Crippen LogP contribution in [0.1, 0.15) is 5.56 Å². The Balaban J connectivity index is 2.52. The molecule has 1 amide bonds. The topological polar surface area (TPSA) is 127 Å². The summed E-state index contributed by atoms with van der Waals surface area (Å²) >= 11 is 0. The zero-order valence-electron chi connectivity index (χ0n) is 10.6. The molecule has 0 aliphatic rings. The number of hydrogen-bond acceptors (Lipinski definition) is 6. The van der Waals surface area contributed by atoms with Crippen molar-refractivity contribution >= 4 is 11.7 Å². The molecule has 1 aromatic carbocycles. The van der Waals surface area contributed by atoms with Crippen LogP contribution >= 0.6 is 0 Å². The van der Waals surface area contributed by atoms with Crippen LogP contribution < -0.4 is 5.32 Å². The monoisotopic (exact) mass is 283 g/mol. The molecule has 0 spiro atoms. The number of Topliss-reactive ketones (excluding diaryl/α,β-unsaturated/α-hetero) is 1. The lowest BCUT2D eigenvalue weighted by atomic mass is 10.0. The molecule has 0 unspecified atom stereocenters. The van der Waals surface area contributed by atoms with Gasteiger partial charge in [0.15, 0.2) is 6.10 Å². The fourth-order valence-electron chi connectivity index (χ4n) is 1.47. The summed E-state index contributed by atoms with van der Waals surface area (Å²) in [4.78, 5) is 23.0. The molecular formula is C13H17NO6. The summed E-state index contributed by atoms with van der Waals surface area (Å²) in [5, 5.41) is 38.7. The first-order valence-electron chi connectivity index (χ1n) is 5.98. The summed E-state index contributed by atoms with van der Waals surface area (Å²) in [6.07, 6.45) is -5.71. The van der Waals surface area contributed by atoms with Gasteiger partial charge in [-0.3, -0.25) is 9.59 Å². The normalized spacial score (nSPS) is 15.2. The molecule has 20 heavy (non-hydrogen) atoms. The van der Waals surface area contributed by atoms with Gasteiger partial charge in [0.05, 0.1) is 6.61 Å². The van der Waals surface area contributed by atoms with Gasteiger partial charge in [-0.1, -0.05) is 30.3 Å². The summed E-state index contributed by atoms with van der Waals surface area (Å²) in [5.74, 6) is -2.36. The molecule has 0 aromatic heterocycles. The third-order valence-corrected chi connectivity index (χ3v) is 2.69. The molecule has 0 bridgehead atoms. The minimum absolute atomic E-state index is 0.0940. The molecule has 7 heteroatoms. The molecule has 0 aliphatic carbocycles. The number of aliphatic hydroxyl groups excluding tert-OH is 4. The number of carbonyl (C=O) groups excluding carboxylic acids is 2. The van der Waals surface area contributed by atoms with Crippen molar-refractivity contribution in [1.82, 2.24) is 5.32 Å². The van der Waals surface area contributed by atoms with Crippen LogP contribution in [0, 0.1) is 0 Å². The average molecular weight is 283 g/mol. The summed E-state index contributed by atoms with van der Waals surface area (Å²) in [6.45, 7) is -0.742. The van der Waals surface area contributed by atoms with Gasteiger partial charge in [-0.05, 0) is 5.56 Å². The molecule has 1 rings (SSSR count). The Hall–Kier alpha value is -1.80. The largest absolute Gasteiger partial charge is 0.394 e. The highest BCUT2D eigenvalue weighted by Crippen LogP contribution is 2.02. The number of carbonyl (C=O) groups is 2. The van der Waals surface area contributed by atoms with E-state index in [1.807, 2.05) is 0 Å². The van der Waals surface area contributed by atoms with E-state index in [1.165, 1.54) is 0 Å². The van der Waals surface area contributed by atoms with Crippen molar-refractivity contribution in [2.24, 2.45) is 0 Å². The van der Waals surface area contributed by atoms with Gasteiger partial charge in [0.1, 0.15) is 12.2 Å². The Morgan fingerprint density at radius 2 is 1.70 bits per heavy atom. The molecule has 0 fully saturated rings. The third kappa shape index (κ3) is 4.39. The Morgan fingerprint density at radius 1 is 1.10 bits per heavy atom. The van der Waals surface area contributed by atoms with E-state index in [2.05, 4.69) is 5.32 Å². The van der Waals surface area contributed by atoms with E-state index >= 15 is 0 Å². The van der Waals surface area contributed by atoms with Gasteiger partial charge in [-0.2, -0.15) is 0 Å². The Bertz CT molecular complexity index is 449. The Morgan fingerprint density at radius 3 is 2.25 bits per heavy atom. The van der Waals surface area contributed by atoms with Gasteiger partial charge >= 0.3 is 0 Å². The maximum Gasteiger partial charge on any atom is 0.290 e. The van der Waals surface area contributed by atoms with Crippen molar-refractivity contribution in [2.45, 2.75) is 24.9 Å². The van der Waals surface area contributed by atoms with Crippen LogP contribution in [-0.4, -0.2) is 57.0 Å². The zero-order valence-corrected chi connectivity index (χ0v) is 10.6. The number of hydrogen-bond donors (Lipinski definition) is 5. The van der Waals surface area contributed by atoms with E-state index in [0.29, 0.717) is 0 Å². The van der Waals surface area contributed by atoms with Gasteiger partial charge in [0.25, 0.3) is 11.7 Å². The van der Waals surface area contributed by atoms with E-state index < -0.39 is 36.6 Å². The second kappa shape index (κ2) is 7.71. The van der Waals surface area contributed by atoms with Crippen LogP contribution in [0.4, 0.5) is 0 Å². The van der Waals surface area contributed by atoms with E-state index in [9.17, 15) is 19.8 Å². The molecule has 3 atom stereocenters. The smallest absolute Gasteiger partial charge is 0.290 e. The lowest BCUT2D eigenvalue weighted by Gasteiger charge is -2.19. The first-order chi connectivity index (χ1) is 9.47. The van der Waals surface area contributed by atoms with Crippen LogP contribution in [0.5, 0.6) is 0 Å². The highest BCUT2D eigenvalue weighted by atomic mass is 16.4. The van der Waals surface area contributed by atoms with Crippen LogP contribution in [-0.2, 0) is 16.1 Å². The molecule has 5 N–H and O–H groups in total. The minimum Gasteiger partial charge on any atom is -0.394 e. The number of aliphatic hydroxyl groups is 4. The van der Waals surface area contributed by atoms with Crippen LogP contribution in [0.2, 0.25) is 0 Å². The number of amides is 1. The van der Waals surface area contributed by atoms with E-state index in [-0.39, 0.29) is 6.54 Å². The number of ketones is 1. The van der Waals surface area contributed by atoms with Crippen molar-refractivity contribution in [3.05, 3.63) is 35.9 Å².